The smallest absolute Gasteiger partial charge is 0.345 e. The van der Waals surface area contributed by atoms with Crippen LogP contribution in [0.1, 0.15) is 43.6 Å². The van der Waals surface area contributed by atoms with E-state index in [1.54, 1.807) is 13.8 Å². The maximum atomic E-state index is 12.0. The monoisotopic (exact) mass is 295 g/mol. The third-order valence-electron chi connectivity index (χ3n) is 3.57. The van der Waals surface area contributed by atoms with Crippen molar-refractivity contribution in [3.8, 4) is 0 Å². The molecule has 0 unspecified atom stereocenters. The summed E-state index contributed by atoms with van der Waals surface area (Å²) in [6.07, 6.45) is 1.78. The van der Waals surface area contributed by atoms with Gasteiger partial charge in [-0.1, -0.05) is 13.8 Å². The highest BCUT2D eigenvalue weighted by Gasteiger charge is 2.19. The van der Waals surface area contributed by atoms with Crippen LogP contribution >= 0.6 is 0 Å². The number of aromatic amines is 1. The van der Waals surface area contributed by atoms with Crippen molar-refractivity contribution >= 4 is 5.91 Å². The number of aromatic nitrogens is 2. The summed E-state index contributed by atoms with van der Waals surface area (Å²) in [6.45, 7) is 8.33. The first-order chi connectivity index (χ1) is 9.75. The van der Waals surface area contributed by atoms with E-state index in [9.17, 15) is 9.59 Å². The Morgan fingerprint density at radius 2 is 2.05 bits per heavy atom. The van der Waals surface area contributed by atoms with Gasteiger partial charge in [-0.2, -0.15) is 4.98 Å². The average Bonchev–Trinajstić information content (AvgIpc) is 2.38. The number of aryl methyl sites for hydroxylation is 2. The molecule has 0 bridgehead atoms. The quantitative estimate of drug-likeness (QED) is 0.695. The highest BCUT2D eigenvalue weighted by molar-refractivity contribution is 5.79. The summed E-state index contributed by atoms with van der Waals surface area (Å²) in [5, 5.41) is 11.8. The van der Waals surface area contributed by atoms with E-state index in [2.05, 4.69) is 29.1 Å². The van der Waals surface area contributed by atoms with E-state index < -0.39 is 0 Å². The van der Waals surface area contributed by atoms with Gasteiger partial charge >= 0.3 is 5.69 Å². The molecule has 1 heterocycles. The number of carbonyl (C=O) groups excluding carboxylic acids is 1. The minimum atomic E-state index is -0.390. The predicted molar refractivity (Wildman–Crippen MR) is 81.1 cm³/mol. The number of rotatable bonds is 7. The van der Waals surface area contributed by atoms with Crippen molar-refractivity contribution < 1.29 is 9.90 Å². The summed E-state index contributed by atoms with van der Waals surface area (Å²) in [5.41, 5.74) is 1.60. The predicted octanol–water partition coefficient (Wildman–Crippen LogP) is 0.844. The topological polar surface area (TPSA) is 95.1 Å². The number of nitrogens with one attached hydrogen (secondary N) is 2. The standard InChI is InChI=1S/C15H25N3O3/c1-10-12(11(2)18-14(21)17-10)8-13(20)16-9-15(3,4)6-5-7-19/h19H,5-9H2,1-4H3,(H,16,20)(H,17,18,21). The fraction of sp³-hybridized carbons (Fsp3) is 0.667. The maximum Gasteiger partial charge on any atom is 0.345 e. The van der Waals surface area contributed by atoms with Crippen molar-refractivity contribution in [2.75, 3.05) is 13.2 Å². The number of carbonyl (C=O) groups is 1. The second-order valence-corrected chi connectivity index (χ2v) is 6.18. The molecule has 0 atom stereocenters. The zero-order valence-corrected chi connectivity index (χ0v) is 13.2. The Morgan fingerprint density at radius 3 is 2.62 bits per heavy atom. The van der Waals surface area contributed by atoms with Crippen molar-refractivity contribution in [1.29, 1.82) is 0 Å². The molecule has 0 aromatic carbocycles. The Bertz CT molecular complexity index is 523. The van der Waals surface area contributed by atoms with Gasteiger partial charge in [0.1, 0.15) is 0 Å². The van der Waals surface area contributed by atoms with Gasteiger partial charge in [0.15, 0.2) is 0 Å². The van der Waals surface area contributed by atoms with E-state index in [4.69, 9.17) is 5.11 Å². The van der Waals surface area contributed by atoms with E-state index in [0.717, 1.165) is 18.4 Å². The van der Waals surface area contributed by atoms with Crippen LogP contribution in [-0.4, -0.2) is 34.1 Å². The summed E-state index contributed by atoms with van der Waals surface area (Å²) in [4.78, 5) is 29.7. The molecule has 3 N–H and O–H groups in total. The van der Waals surface area contributed by atoms with E-state index in [1.165, 1.54) is 0 Å². The van der Waals surface area contributed by atoms with Gasteiger partial charge in [0, 0.05) is 30.1 Å². The second kappa shape index (κ2) is 7.36. The molecule has 0 aliphatic carbocycles. The van der Waals surface area contributed by atoms with Gasteiger partial charge in [0.05, 0.1) is 6.42 Å². The van der Waals surface area contributed by atoms with Crippen LogP contribution in [0, 0.1) is 19.3 Å². The zero-order chi connectivity index (χ0) is 16.0. The van der Waals surface area contributed by atoms with Gasteiger partial charge in [-0.25, -0.2) is 4.79 Å². The molecule has 0 fully saturated rings. The van der Waals surface area contributed by atoms with Crippen molar-refractivity contribution in [3.05, 3.63) is 27.4 Å². The Kier molecular flexibility index (Phi) is 6.08. The van der Waals surface area contributed by atoms with Gasteiger partial charge in [-0.15, -0.1) is 0 Å². The summed E-state index contributed by atoms with van der Waals surface area (Å²) in [6, 6.07) is 0. The third kappa shape index (κ3) is 5.67. The van der Waals surface area contributed by atoms with Crippen LogP contribution in [0.3, 0.4) is 0 Å². The van der Waals surface area contributed by atoms with Gasteiger partial charge in [0.2, 0.25) is 5.91 Å². The second-order valence-electron chi connectivity index (χ2n) is 6.18. The molecular formula is C15H25N3O3. The van der Waals surface area contributed by atoms with Gasteiger partial charge in [-0.05, 0) is 32.1 Å². The molecule has 0 aliphatic heterocycles. The largest absolute Gasteiger partial charge is 0.396 e. The molecule has 0 saturated heterocycles. The molecule has 6 heteroatoms. The number of aliphatic hydroxyl groups excluding tert-OH is 1. The number of aliphatic hydroxyl groups is 1. The van der Waals surface area contributed by atoms with Crippen molar-refractivity contribution in [2.24, 2.45) is 5.41 Å². The van der Waals surface area contributed by atoms with Crippen molar-refractivity contribution in [1.82, 2.24) is 15.3 Å². The van der Waals surface area contributed by atoms with Crippen LogP contribution in [0.5, 0.6) is 0 Å². The van der Waals surface area contributed by atoms with Gasteiger partial charge < -0.3 is 15.4 Å². The Hall–Kier alpha value is -1.69. The molecule has 21 heavy (non-hydrogen) atoms. The zero-order valence-electron chi connectivity index (χ0n) is 13.2. The minimum absolute atomic E-state index is 0.0499. The van der Waals surface area contributed by atoms with Crippen LogP contribution in [0.4, 0.5) is 0 Å². The molecule has 0 aliphatic rings. The summed E-state index contributed by atoms with van der Waals surface area (Å²) in [5.74, 6) is -0.0906. The number of hydrogen-bond acceptors (Lipinski definition) is 4. The molecule has 0 radical (unpaired) electrons. The first kappa shape index (κ1) is 17.4. The lowest BCUT2D eigenvalue weighted by Gasteiger charge is -2.24. The molecular weight excluding hydrogens is 270 g/mol. The van der Waals surface area contributed by atoms with Gasteiger partial charge in [0.25, 0.3) is 0 Å². The fourth-order valence-corrected chi connectivity index (χ4v) is 2.22. The summed E-state index contributed by atoms with van der Waals surface area (Å²) >= 11 is 0. The maximum absolute atomic E-state index is 12.0. The van der Waals surface area contributed by atoms with Crippen LogP contribution in [0.2, 0.25) is 0 Å². The van der Waals surface area contributed by atoms with Crippen molar-refractivity contribution in [3.63, 3.8) is 0 Å². The number of H-pyrrole nitrogens is 1. The third-order valence-corrected chi connectivity index (χ3v) is 3.57. The van der Waals surface area contributed by atoms with E-state index in [1.807, 2.05) is 0 Å². The number of hydrogen-bond donors (Lipinski definition) is 3. The average molecular weight is 295 g/mol. The summed E-state index contributed by atoms with van der Waals surface area (Å²) in [7, 11) is 0. The number of amides is 1. The fourth-order valence-electron chi connectivity index (χ4n) is 2.22. The normalized spacial score (nSPS) is 11.5. The lowest BCUT2D eigenvalue weighted by molar-refractivity contribution is -0.120. The Balaban J connectivity index is 2.61. The minimum Gasteiger partial charge on any atom is -0.396 e. The highest BCUT2D eigenvalue weighted by Crippen LogP contribution is 2.20. The molecule has 1 aromatic heterocycles. The molecule has 1 aromatic rings. The van der Waals surface area contributed by atoms with Crippen LogP contribution in [0.25, 0.3) is 0 Å². The molecule has 0 spiro atoms. The lowest BCUT2D eigenvalue weighted by atomic mass is 9.88. The first-order valence-corrected chi connectivity index (χ1v) is 7.19. The molecule has 118 valence electrons. The first-order valence-electron chi connectivity index (χ1n) is 7.19. The van der Waals surface area contributed by atoms with E-state index in [-0.39, 0.29) is 30.0 Å². The highest BCUT2D eigenvalue weighted by atomic mass is 16.3. The lowest BCUT2D eigenvalue weighted by Crippen LogP contribution is -2.35. The SMILES string of the molecule is Cc1nc(=O)[nH]c(C)c1CC(=O)NCC(C)(C)CCCO. The van der Waals surface area contributed by atoms with Crippen molar-refractivity contribution in [2.45, 2.75) is 47.0 Å². The van der Waals surface area contributed by atoms with E-state index in [0.29, 0.717) is 17.9 Å². The molecule has 1 amide bonds. The Labute approximate surface area is 125 Å². The molecule has 6 nitrogen and oxygen atoms in total. The molecule has 0 saturated carbocycles. The summed E-state index contributed by atoms with van der Waals surface area (Å²) < 4.78 is 0. The van der Waals surface area contributed by atoms with Crippen LogP contribution < -0.4 is 11.0 Å². The van der Waals surface area contributed by atoms with Crippen LogP contribution in [0.15, 0.2) is 4.79 Å². The number of nitrogens with zero attached hydrogens (tertiary/aromatic N) is 1. The van der Waals surface area contributed by atoms with Crippen LogP contribution in [-0.2, 0) is 11.2 Å². The Morgan fingerprint density at radius 1 is 1.38 bits per heavy atom. The van der Waals surface area contributed by atoms with E-state index >= 15 is 0 Å². The van der Waals surface area contributed by atoms with Gasteiger partial charge in [-0.3, -0.25) is 4.79 Å². The molecule has 1 rings (SSSR count).